The molecule has 0 amide bonds. The van der Waals surface area contributed by atoms with Crippen LogP contribution < -0.4 is 0 Å². The van der Waals surface area contributed by atoms with Crippen LogP contribution in [0.4, 0.5) is 0 Å². The van der Waals surface area contributed by atoms with Gasteiger partial charge in [-0.25, -0.2) is 0 Å². The van der Waals surface area contributed by atoms with Gasteiger partial charge in [-0.3, -0.25) is 9.98 Å². The molecule has 1 saturated heterocycles. The van der Waals surface area contributed by atoms with Crippen molar-refractivity contribution in [3.63, 3.8) is 0 Å². The van der Waals surface area contributed by atoms with E-state index in [0.29, 0.717) is 6.04 Å². The number of amidine groups is 1. The van der Waals surface area contributed by atoms with Crippen molar-refractivity contribution in [1.29, 1.82) is 0 Å². The second-order valence-electron chi connectivity index (χ2n) is 8.01. The first kappa shape index (κ1) is 19.2. The van der Waals surface area contributed by atoms with Crippen molar-refractivity contribution in [2.75, 3.05) is 5.75 Å². The molecule has 3 aromatic rings. The quantitative estimate of drug-likeness (QED) is 0.635. The van der Waals surface area contributed by atoms with Gasteiger partial charge < -0.3 is 14.6 Å². The predicted octanol–water partition coefficient (Wildman–Crippen LogP) is 5.17. The Morgan fingerprint density at radius 2 is 1.93 bits per heavy atom. The van der Waals surface area contributed by atoms with Gasteiger partial charge in [-0.15, -0.1) is 0 Å². The van der Waals surface area contributed by atoms with E-state index in [1.165, 1.54) is 17.0 Å². The summed E-state index contributed by atoms with van der Waals surface area (Å²) in [7, 11) is 0. The monoisotopic (exact) mass is 418 g/mol. The molecular formula is C24H26N4OS. The molecular weight excluding hydrogens is 392 g/mol. The third kappa shape index (κ3) is 3.01. The minimum Gasteiger partial charge on any atom is -0.508 e. The Morgan fingerprint density at radius 1 is 1.13 bits per heavy atom. The second-order valence-corrected chi connectivity index (χ2v) is 9.00. The van der Waals surface area contributed by atoms with E-state index in [2.05, 4.69) is 47.4 Å². The number of hydrogen-bond donors (Lipinski definition) is 1. The fourth-order valence-electron chi connectivity index (χ4n) is 4.77. The Hall–Kier alpha value is -2.73. The summed E-state index contributed by atoms with van der Waals surface area (Å²) in [4.78, 5) is 12.3. The smallest absolute Gasteiger partial charge is 0.160 e. The predicted molar refractivity (Wildman–Crippen MR) is 122 cm³/mol. The minimum atomic E-state index is -0.00295. The fourth-order valence-corrected chi connectivity index (χ4v) is 6.11. The molecule has 3 atom stereocenters. The zero-order chi connectivity index (χ0) is 20.8. The zero-order valence-electron chi connectivity index (χ0n) is 17.5. The first-order chi connectivity index (χ1) is 14.6. The van der Waals surface area contributed by atoms with Gasteiger partial charge in [0, 0.05) is 35.1 Å². The average molecular weight is 419 g/mol. The van der Waals surface area contributed by atoms with E-state index in [1.54, 1.807) is 12.1 Å². The van der Waals surface area contributed by atoms with Gasteiger partial charge in [0.05, 0.1) is 11.7 Å². The van der Waals surface area contributed by atoms with E-state index in [0.717, 1.165) is 28.7 Å². The molecule has 0 unspecified atom stereocenters. The number of pyridine rings is 1. The number of fused-ring (bicyclic) bond motifs is 1. The van der Waals surface area contributed by atoms with Crippen LogP contribution in [-0.2, 0) is 0 Å². The van der Waals surface area contributed by atoms with Crippen molar-refractivity contribution in [1.82, 2.24) is 14.5 Å². The van der Waals surface area contributed by atoms with Crippen LogP contribution in [-0.4, -0.2) is 36.5 Å². The molecule has 2 aromatic heterocycles. The first-order valence-electron chi connectivity index (χ1n) is 10.5. The molecule has 0 bridgehead atoms. The molecule has 4 heterocycles. The van der Waals surface area contributed by atoms with E-state index in [1.807, 2.05) is 42.2 Å². The topological polar surface area (TPSA) is 53.6 Å². The van der Waals surface area contributed by atoms with Crippen LogP contribution in [0, 0.1) is 13.8 Å². The number of aryl methyl sites for hydroxylation is 1. The number of hydrogen-bond acceptors (Lipinski definition) is 5. The third-order valence-corrected chi connectivity index (χ3v) is 7.35. The van der Waals surface area contributed by atoms with Crippen molar-refractivity contribution in [3.8, 4) is 11.4 Å². The minimum absolute atomic E-state index is 0.00295. The van der Waals surface area contributed by atoms with Crippen molar-refractivity contribution in [2.45, 2.75) is 45.3 Å². The Bertz CT molecular complexity index is 1090. The third-order valence-electron chi connectivity index (χ3n) is 6.23. The maximum absolute atomic E-state index is 9.70. The van der Waals surface area contributed by atoms with Gasteiger partial charge in [-0.1, -0.05) is 24.8 Å². The number of aliphatic imine (C=N–C) groups is 1. The molecule has 0 saturated carbocycles. The molecule has 5 rings (SSSR count). The lowest BCUT2D eigenvalue weighted by atomic mass is 9.95. The van der Waals surface area contributed by atoms with Crippen LogP contribution in [0.15, 0.2) is 59.7 Å². The fraction of sp³-hybridized carbons (Fsp3) is 0.333. The summed E-state index contributed by atoms with van der Waals surface area (Å²) in [5.41, 5.74) is 5.78. The molecule has 1 fully saturated rings. The summed E-state index contributed by atoms with van der Waals surface area (Å²) >= 11 is 1.87. The molecule has 1 aromatic carbocycles. The SMILES string of the molecule is CC[C@@H]1CSC2=N[C@H](c3ccccn3)[C@H](c3cc(C)n(-c4ccc(O)cc4)c3C)N21. The number of nitrogens with zero attached hydrogens (tertiary/aromatic N) is 4. The summed E-state index contributed by atoms with van der Waals surface area (Å²) in [5.74, 6) is 1.38. The average Bonchev–Trinajstić information content (AvgIpc) is 3.41. The lowest BCUT2D eigenvalue weighted by molar-refractivity contribution is 0.254. The van der Waals surface area contributed by atoms with Gasteiger partial charge in [0.25, 0.3) is 0 Å². The van der Waals surface area contributed by atoms with Gasteiger partial charge in [0.2, 0.25) is 0 Å². The van der Waals surface area contributed by atoms with E-state index in [-0.39, 0.29) is 17.8 Å². The number of rotatable bonds is 4. The van der Waals surface area contributed by atoms with Gasteiger partial charge in [0.15, 0.2) is 5.17 Å². The van der Waals surface area contributed by atoms with Gasteiger partial charge in [0.1, 0.15) is 11.8 Å². The first-order valence-corrected chi connectivity index (χ1v) is 11.4. The number of thioether (sulfide) groups is 1. The van der Waals surface area contributed by atoms with Crippen LogP contribution >= 0.6 is 11.8 Å². The highest BCUT2D eigenvalue weighted by Crippen LogP contribution is 2.49. The largest absolute Gasteiger partial charge is 0.508 e. The van der Waals surface area contributed by atoms with E-state index in [9.17, 15) is 5.11 Å². The highest BCUT2D eigenvalue weighted by molar-refractivity contribution is 8.14. The Labute approximate surface area is 181 Å². The molecule has 30 heavy (non-hydrogen) atoms. The van der Waals surface area contributed by atoms with Gasteiger partial charge >= 0.3 is 0 Å². The molecule has 2 aliphatic heterocycles. The van der Waals surface area contributed by atoms with Gasteiger partial charge in [-0.05, 0) is 68.3 Å². The Kier molecular flexibility index (Phi) is 4.82. The summed E-state index contributed by atoms with van der Waals surface area (Å²) in [6.45, 7) is 6.60. The van der Waals surface area contributed by atoms with E-state index in [4.69, 9.17) is 4.99 Å². The van der Waals surface area contributed by atoms with E-state index >= 15 is 0 Å². The van der Waals surface area contributed by atoms with Crippen molar-refractivity contribution in [3.05, 3.63) is 77.4 Å². The van der Waals surface area contributed by atoms with Gasteiger partial charge in [-0.2, -0.15) is 0 Å². The maximum Gasteiger partial charge on any atom is 0.160 e. The number of aromatic hydroxyl groups is 1. The van der Waals surface area contributed by atoms with E-state index < -0.39 is 0 Å². The Balaban J connectivity index is 1.63. The maximum atomic E-state index is 9.70. The van der Waals surface area contributed by atoms with Crippen molar-refractivity contribution in [2.24, 2.45) is 4.99 Å². The molecule has 0 spiro atoms. The molecule has 5 nitrogen and oxygen atoms in total. The second kappa shape index (κ2) is 7.51. The van der Waals surface area contributed by atoms with Crippen LogP contribution in [0.2, 0.25) is 0 Å². The zero-order valence-corrected chi connectivity index (χ0v) is 18.3. The Morgan fingerprint density at radius 3 is 2.63 bits per heavy atom. The number of phenolic OH excluding ortho intramolecular Hbond substituents is 1. The van der Waals surface area contributed by atoms with Crippen molar-refractivity contribution < 1.29 is 5.11 Å². The van der Waals surface area contributed by atoms with Crippen LogP contribution in [0.3, 0.4) is 0 Å². The lowest BCUT2D eigenvalue weighted by Gasteiger charge is -2.32. The molecule has 0 radical (unpaired) electrons. The normalized spacial score (nSPS) is 23.0. The summed E-state index contributed by atoms with van der Waals surface area (Å²) < 4.78 is 2.27. The molecule has 6 heteroatoms. The molecule has 2 aliphatic rings. The summed E-state index contributed by atoms with van der Waals surface area (Å²) in [6.07, 6.45) is 2.97. The lowest BCUT2D eigenvalue weighted by Crippen LogP contribution is -2.35. The number of aromatic nitrogens is 2. The summed E-state index contributed by atoms with van der Waals surface area (Å²) in [6, 6.07) is 16.4. The number of benzene rings is 1. The number of phenols is 1. The highest BCUT2D eigenvalue weighted by Gasteiger charge is 2.46. The summed E-state index contributed by atoms with van der Waals surface area (Å²) in [5, 5.41) is 10.8. The molecule has 154 valence electrons. The van der Waals surface area contributed by atoms with Crippen LogP contribution in [0.1, 0.15) is 48.1 Å². The van der Waals surface area contributed by atoms with Crippen molar-refractivity contribution >= 4 is 16.9 Å². The molecule has 0 aliphatic carbocycles. The standard InChI is InChI=1S/C24H26N4OS/c1-4-17-14-30-24-26-22(21-7-5-6-12-25-21)23(28(17)24)20-13-15(2)27(16(20)3)18-8-10-19(29)11-9-18/h5-13,17,22-23,29H,4,14H2,1-3H3/t17-,22-,23+/m1/s1. The highest BCUT2D eigenvalue weighted by atomic mass is 32.2. The van der Waals surface area contributed by atoms with Crippen LogP contribution in [0.25, 0.3) is 5.69 Å². The molecule has 1 N–H and O–H groups in total. The van der Waals surface area contributed by atoms with Crippen LogP contribution in [0.5, 0.6) is 5.75 Å².